The van der Waals surface area contributed by atoms with E-state index in [1.54, 1.807) is 40.0 Å². The Morgan fingerprint density at radius 1 is 1.15 bits per heavy atom. The molecule has 0 radical (unpaired) electrons. The smallest absolute Gasteiger partial charge is 0.246 e. The zero-order chi connectivity index (χ0) is 18.7. The Morgan fingerprint density at radius 2 is 1.88 bits per heavy atom. The average molecular weight is 360 g/mol. The Labute approximate surface area is 152 Å². The van der Waals surface area contributed by atoms with Gasteiger partial charge in [0.05, 0.1) is 12.8 Å². The number of aromatic nitrogens is 1. The largest absolute Gasteiger partial charge is 0.481 e. The molecule has 0 aromatic carbocycles. The quantitative estimate of drug-likeness (QED) is 0.785. The maximum Gasteiger partial charge on any atom is 0.246 e. The summed E-state index contributed by atoms with van der Waals surface area (Å²) in [6.45, 7) is 3.80. The van der Waals surface area contributed by atoms with E-state index >= 15 is 0 Å². The van der Waals surface area contributed by atoms with Gasteiger partial charge in [-0.25, -0.2) is 4.98 Å². The third-order valence-corrected chi connectivity index (χ3v) is 5.06. The molecular formula is C18H24N4O4. The van der Waals surface area contributed by atoms with Crippen LogP contribution in [0.25, 0.3) is 0 Å². The Balaban J connectivity index is 1.59. The summed E-state index contributed by atoms with van der Waals surface area (Å²) in [5.74, 6) is 0.303. The van der Waals surface area contributed by atoms with E-state index in [1.165, 1.54) is 7.11 Å². The maximum atomic E-state index is 12.7. The standard InChI is InChI=1S/C18H24N4O4/c1-13(23)20-7-4-14(5-8-20)18(25)21-9-10-22(17(24)12-21)15-3-6-19-16(11-15)26-2/h3,6,11,14H,4-5,7-10,12H2,1-2H3. The zero-order valence-electron chi connectivity index (χ0n) is 15.2. The number of hydrogen-bond acceptors (Lipinski definition) is 5. The number of rotatable bonds is 3. The van der Waals surface area contributed by atoms with Gasteiger partial charge in [-0.1, -0.05) is 0 Å². The lowest BCUT2D eigenvalue weighted by atomic mass is 9.95. The van der Waals surface area contributed by atoms with Crippen molar-refractivity contribution in [3.8, 4) is 5.88 Å². The van der Waals surface area contributed by atoms with Crippen molar-refractivity contribution in [2.75, 3.05) is 44.7 Å². The summed E-state index contributed by atoms with van der Waals surface area (Å²) in [6, 6.07) is 3.47. The highest BCUT2D eigenvalue weighted by atomic mass is 16.5. The van der Waals surface area contributed by atoms with Crippen LogP contribution in [0.5, 0.6) is 5.88 Å². The highest BCUT2D eigenvalue weighted by Crippen LogP contribution is 2.24. The van der Waals surface area contributed by atoms with Crippen molar-refractivity contribution in [2.45, 2.75) is 19.8 Å². The van der Waals surface area contributed by atoms with Gasteiger partial charge >= 0.3 is 0 Å². The second-order valence-corrected chi connectivity index (χ2v) is 6.64. The topological polar surface area (TPSA) is 83.0 Å². The summed E-state index contributed by atoms with van der Waals surface area (Å²) in [4.78, 5) is 45.8. The van der Waals surface area contributed by atoms with Gasteiger partial charge in [0.25, 0.3) is 0 Å². The molecular weight excluding hydrogens is 336 g/mol. The fraction of sp³-hybridized carbons (Fsp3) is 0.556. The lowest BCUT2D eigenvalue weighted by molar-refractivity contribution is -0.143. The number of nitrogens with zero attached hydrogens (tertiary/aromatic N) is 4. The minimum absolute atomic E-state index is 0.0218. The molecule has 2 saturated heterocycles. The summed E-state index contributed by atoms with van der Waals surface area (Å²) in [5, 5.41) is 0. The molecule has 2 aliphatic rings. The van der Waals surface area contributed by atoms with Crippen LogP contribution in [0, 0.1) is 5.92 Å². The third kappa shape index (κ3) is 3.79. The molecule has 0 spiro atoms. The van der Waals surface area contributed by atoms with E-state index in [0.717, 1.165) is 5.69 Å². The molecule has 2 aliphatic heterocycles. The number of carbonyl (C=O) groups excluding carboxylic acids is 3. The van der Waals surface area contributed by atoms with E-state index in [4.69, 9.17) is 4.74 Å². The van der Waals surface area contributed by atoms with Gasteiger partial charge in [0.2, 0.25) is 23.6 Å². The number of methoxy groups -OCH3 is 1. The maximum absolute atomic E-state index is 12.7. The van der Waals surface area contributed by atoms with Crippen molar-refractivity contribution in [1.29, 1.82) is 0 Å². The normalized spacial score (nSPS) is 18.8. The first-order chi connectivity index (χ1) is 12.5. The van der Waals surface area contributed by atoms with Crippen LogP contribution < -0.4 is 9.64 Å². The van der Waals surface area contributed by atoms with Crippen LogP contribution in [0.4, 0.5) is 5.69 Å². The summed E-state index contributed by atoms with van der Waals surface area (Å²) >= 11 is 0. The number of amides is 3. The molecule has 0 saturated carbocycles. The zero-order valence-corrected chi connectivity index (χ0v) is 15.2. The van der Waals surface area contributed by atoms with Crippen molar-refractivity contribution in [3.05, 3.63) is 18.3 Å². The molecule has 140 valence electrons. The van der Waals surface area contributed by atoms with Crippen LogP contribution in [0.3, 0.4) is 0 Å². The second kappa shape index (κ2) is 7.72. The minimum Gasteiger partial charge on any atom is -0.481 e. The summed E-state index contributed by atoms with van der Waals surface area (Å²) < 4.78 is 5.10. The van der Waals surface area contributed by atoms with Gasteiger partial charge in [0.15, 0.2) is 0 Å². The number of anilines is 1. The van der Waals surface area contributed by atoms with Gasteiger partial charge < -0.3 is 19.4 Å². The van der Waals surface area contributed by atoms with Crippen molar-refractivity contribution >= 4 is 23.4 Å². The molecule has 0 aliphatic carbocycles. The Hall–Kier alpha value is -2.64. The molecule has 8 heteroatoms. The van der Waals surface area contributed by atoms with Crippen molar-refractivity contribution < 1.29 is 19.1 Å². The van der Waals surface area contributed by atoms with Gasteiger partial charge in [-0.3, -0.25) is 14.4 Å². The van der Waals surface area contributed by atoms with Gasteiger partial charge in [-0.05, 0) is 18.9 Å². The molecule has 0 bridgehead atoms. The van der Waals surface area contributed by atoms with Crippen molar-refractivity contribution in [2.24, 2.45) is 5.92 Å². The lowest BCUT2D eigenvalue weighted by Gasteiger charge is -2.38. The fourth-order valence-corrected chi connectivity index (χ4v) is 3.51. The van der Waals surface area contributed by atoms with Crippen LogP contribution in [-0.4, -0.2) is 72.3 Å². The monoisotopic (exact) mass is 360 g/mol. The highest BCUT2D eigenvalue weighted by Gasteiger charge is 2.33. The number of piperidine rings is 1. The Morgan fingerprint density at radius 3 is 2.50 bits per heavy atom. The molecule has 0 N–H and O–H groups in total. The molecule has 1 aromatic rings. The number of carbonyl (C=O) groups is 3. The van der Waals surface area contributed by atoms with Gasteiger partial charge in [0, 0.05) is 51.3 Å². The van der Waals surface area contributed by atoms with E-state index in [-0.39, 0.29) is 30.2 Å². The number of likely N-dealkylation sites (tertiary alicyclic amines) is 1. The Bertz CT molecular complexity index is 700. The van der Waals surface area contributed by atoms with Gasteiger partial charge in [-0.2, -0.15) is 0 Å². The number of piperazine rings is 1. The molecule has 3 amide bonds. The number of hydrogen-bond donors (Lipinski definition) is 0. The number of ether oxygens (including phenoxy) is 1. The van der Waals surface area contributed by atoms with Crippen LogP contribution in [0.15, 0.2) is 18.3 Å². The van der Waals surface area contributed by atoms with E-state index in [1.807, 2.05) is 0 Å². The van der Waals surface area contributed by atoms with Crippen molar-refractivity contribution in [3.63, 3.8) is 0 Å². The predicted molar refractivity (Wildman–Crippen MR) is 94.7 cm³/mol. The highest BCUT2D eigenvalue weighted by molar-refractivity contribution is 5.98. The van der Waals surface area contributed by atoms with Gasteiger partial charge in [0.1, 0.15) is 6.54 Å². The first-order valence-corrected chi connectivity index (χ1v) is 8.84. The summed E-state index contributed by atoms with van der Waals surface area (Å²) in [5.41, 5.74) is 0.726. The summed E-state index contributed by atoms with van der Waals surface area (Å²) in [7, 11) is 1.53. The molecule has 1 aromatic heterocycles. The van der Waals surface area contributed by atoms with E-state index in [0.29, 0.717) is 44.9 Å². The molecule has 2 fully saturated rings. The molecule has 3 heterocycles. The van der Waals surface area contributed by atoms with E-state index in [9.17, 15) is 14.4 Å². The van der Waals surface area contributed by atoms with Gasteiger partial charge in [-0.15, -0.1) is 0 Å². The SMILES string of the molecule is COc1cc(N2CCN(C(=O)C3CCN(C(C)=O)CC3)CC2=O)ccn1. The third-order valence-electron chi connectivity index (χ3n) is 5.06. The minimum atomic E-state index is -0.112. The van der Waals surface area contributed by atoms with E-state index < -0.39 is 0 Å². The average Bonchev–Trinajstić information content (AvgIpc) is 2.67. The molecule has 3 rings (SSSR count). The molecule has 0 unspecified atom stereocenters. The second-order valence-electron chi connectivity index (χ2n) is 6.64. The summed E-state index contributed by atoms with van der Waals surface area (Å²) in [6.07, 6.45) is 2.92. The van der Waals surface area contributed by atoms with Crippen LogP contribution in [0.1, 0.15) is 19.8 Å². The lowest BCUT2D eigenvalue weighted by Crippen LogP contribution is -2.54. The van der Waals surface area contributed by atoms with Crippen LogP contribution >= 0.6 is 0 Å². The van der Waals surface area contributed by atoms with Crippen molar-refractivity contribution in [1.82, 2.24) is 14.8 Å². The fourth-order valence-electron chi connectivity index (χ4n) is 3.51. The first-order valence-electron chi connectivity index (χ1n) is 8.84. The van der Waals surface area contributed by atoms with Crippen LogP contribution in [0.2, 0.25) is 0 Å². The van der Waals surface area contributed by atoms with E-state index in [2.05, 4.69) is 4.98 Å². The predicted octanol–water partition coefficient (Wildman–Crippen LogP) is 0.524. The molecule has 26 heavy (non-hydrogen) atoms. The molecule has 0 atom stereocenters. The Kier molecular flexibility index (Phi) is 5.39. The first kappa shape index (κ1) is 18.2. The number of pyridine rings is 1. The molecule has 8 nitrogen and oxygen atoms in total. The van der Waals surface area contributed by atoms with Crippen LogP contribution in [-0.2, 0) is 14.4 Å².